The highest BCUT2D eigenvalue weighted by molar-refractivity contribution is 7.92. The Hall–Kier alpha value is -2.74. The first-order valence-electron chi connectivity index (χ1n) is 9.28. The molecule has 8 heteroatoms. The van der Waals surface area contributed by atoms with E-state index in [9.17, 15) is 13.2 Å². The van der Waals surface area contributed by atoms with Gasteiger partial charge in [-0.3, -0.25) is 9.10 Å². The Morgan fingerprint density at radius 2 is 1.72 bits per heavy atom. The topological polar surface area (TPSA) is 84.9 Å². The van der Waals surface area contributed by atoms with Crippen LogP contribution in [0.4, 0.5) is 5.69 Å². The average molecular weight is 421 g/mol. The molecule has 0 unspecified atom stereocenters. The first-order valence-corrected chi connectivity index (χ1v) is 11.1. The number of hydrogen-bond acceptors (Lipinski definition) is 5. The van der Waals surface area contributed by atoms with E-state index in [0.29, 0.717) is 11.4 Å². The molecule has 0 aromatic heterocycles. The van der Waals surface area contributed by atoms with Crippen LogP contribution >= 0.6 is 0 Å². The zero-order valence-electron chi connectivity index (χ0n) is 17.4. The summed E-state index contributed by atoms with van der Waals surface area (Å²) in [5.41, 5.74) is 1.25. The number of nitrogens with zero attached hydrogens (tertiary/aromatic N) is 1. The summed E-state index contributed by atoms with van der Waals surface area (Å²) in [6, 6.07) is 13.0. The van der Waals surface area contributed by atoms with E-state index in [4.69, 9.17) is 9.47 Å². The SMILES string of the molecule is COc1ccc(N([C@H](C)C(=O)NCc2cccc(OC(C)C)c2)S(C)(=O)=O)cc1. The predicted molar refractivity (Wildman–Crippen MR) is 114 cm³/mol. The second-order valence-corrected chi connectivity index (χ2v) is 8.82. The van der Waals surface area contributed by atoms with Crippen molar-refractivity contribution in [3.63, 3.8) is 0 Å². The van der Waals surface area contributed by atoms with Crippen LogP contribution in [0, 0.1) is 0 Å². The molecule has 2 aromatic carbocycles. The van der Waals surface area contributed by atoms with Crippen LogP contribution in [0.25, 0.3) is 0 Å². The molecule has 0 heterocycles. The fourth-order valence-electron chi connectivity index (χ4n) is 2.88. The molecule has 0 fully saturated rings. The highest BCUT2D eigenvalue weighted by Crippen LogP contribution is 2.24. The molecule has 0 saturated carbocycles. The van der Waals surface area contributed by atoms with Gasteiger partial charge >= 0.3 is 0 Å². The lowest BCUT2D eigenvalue weighted by Gasteiger charge is -2.28. The van der Waals surface area contributed by atoms with Gasteiger partial charge in [0.15, 0.2) is 0 Å². The molecule has 1 amide bonds. The zero-order valence-corrected chi connectivity index (χ0v) is 18.2. The highest BCUT2D eigenvalue weighted by atomic mass is 32.2. The van der Waals surface area contributed by atoms with Gasteiger partial charge in [0.1, 0.15) is 17.5 Å². The Morgan fingerprint density at radius 3 is 2.28 bits per heavy atom. The Balaban J connectivity index is 2.13. The van der Waals surface area contributed by atoms with Gasteiger partial charge in [0.25, 0.3) is 0 Å². The van der Waals surface area contributed by atoms with Crippen LogP contribution in [0.3, 0.4) is 0 Å². The van der Waals surface area contributed by atoms with Crippen LogP contribution in [0.2, 0.25) is 0 Å². The van der Waals surface area contributed by atoms with Crippen LogP contribution < -0.4 is 19.1 Å². The maximum Gasteiger partial charge on any atom is 0.243 e. The summed E-state index contributed by atoms with van der Waals surface area (Å²) in [6.07, 6.45) is 1.13. The van der Waals surface area contributed by atoms with Crippen LogP contribution in [-0.4, -0.2) is 39.8 Å². The molecule has 0 spiro atoms. The van der Waals surface area contributed by atoms with Gasteiger partial charge in [-0.1, -0.05) is 12.1 Å². The Morgan fingerprint density at radius 1 is 1.07 bits per heavy atom. The van der Waals surface area contributed by atoms with Gasteiger partial charge in [0.2, 0.25) is 15.9 Å². The average Bonchev–Trinajstić information content (AvgIpc) is 2.65. The maximum atomic E-state index is 12.7. The van der Waals surface area contributed by atoms with Gasteiger partial charge in [0, 0.05) is 6.54 Å². The molecule has 29 heavy (non-hydrogen) atoms. The molecule has 2 rings (SSSR count). The molecule has 1 N–H and O–H groups in total. The second kappa shape index (κ2) is 9.65. The van der Waals surface area contributed by atoms with E-state index in [1.807, 2.05) is 38.1 Å². The zero-order chi connectivity index (χ0) is 21.6. The van der Waals surface area contributed by atoms with Crippen molar-refractivity contribution in [1.82, 2.24) is 5.32 Å². The van der Waals surface area contributed by atoms with Crippen LogP contribution in [-0.2, 0) is 21.4 Å². The molecule has 0 aliphatic rings. The maximum absolute atomic E-state index is 12.7. The third-order valence-corrected chi connectivity index (χ3v) is 5.39. The van der Waals surface area contributed by atoms with Gasteiger partial charge in [0.05, 0.1) is 25.2 Å². The molecule has 7 nitrogen and oxygen atoms in total. The number of methoxy groups -OCH3 is 1. The number of ether oxygens (including phenoxy) is 2. The van der Waals surface area contributed by atoms with E-state index in [-0.39, 0.29) is 12.6 Å². The van der Waals surface area contributed by atoms with E-state index in [0.717, 1.165) is 21.9 Å². The lowest BCUT2D eigenvalue weighted by molar-refractivity contribution is -0.122. The smallest absolute Gasteiger partial charge is 0.243 e. The van der Waals surface area contributed by atoms with Crippen molar-refractivity contribution in [3.8, 4) is 11.5 Å². The number of amides is 1. The number of benzene rings is 2. The Kier molecular flexibility index (Phi) is 7.50. The Labute approximate surface area is 172 Å². The van der Waals surface area contributed by atoms with Crippen molar-refractivity contribution in [1.29, 1.82) is 0 Å². The van der Waals surface area contributed by atoms with Gasteiger partial charge in [-0.15, -0.1) is 0 Å². The van der Waals surface area contributed by atoms with Crippen molar-refractivity contribution in [2.75, 3.05) is 17.7 Å². The van der Waals surface area contributed by atoms with Crippen molar-refractivity contribution in [3.05, 3.63) is 54.1 Å². The number of carbonyl (C=O) groups is 1. The molecule has 2 aromatic rings. The minimum Gasteiger partial charge on any atom is -0.497 e. The number of sulfonamides is 1. The molecule has 0 aliphatic heterocycles. The summed E-state index contributed by atoms with van der Waals surface area (Å²) in [4.78, 5) is 12.7. The largest absolute Gasteiger partial charge is 0.497 e. The Bertz CT molecular complexity index is 926. The summed E-state index contributed by atoms with van der Waals surface area (Å²) in [5, 5.41) is 2.80. The molecule has 0 bridgehead atoms. The summed E-state index contributed by atoms with van der Waals surface area (Å²) < 4.78 is 36.6. The van der Waals surface area contributed by atoms with E-state index in [1.165, 1.54) is 7.11 Å². The van der Waals surface area contributed by atoms with Crippen molar-refractivity contribution in [2.24, 2.45) is 0 Å². The number of nitrogens with one attached hydrogen (secondary N) is 1. The summed E-state index contributed by atoms with van der Waals surface area (Å²) >= 11 is 0. The molecule has 158 valence electrons. The van der Waals surface area contributed by atoms with Gasteiger partial charge in [-0.2, -0.15) is 0 Å². The van der Waals surface area contributed by atoms with Crippen LogP contribution in [0.1, 0.15) is 26.3 Å². The van der Waals surface area contributed by atoms with Gasteiger partial charge in [-0.05, 0) is 62.7 Å². The normalized spacial score (nSPS) is 12.3. The van der Waals surface area contributed by atoms with Crippen LogP contribution in [0.15, 0.2) is 48.5 Å². The lowest BCUT2D eigenvalue weighted by atomic mass is 10.2. The minimum atomic E-state index is -3.67. The number of rotatable bonds is 9. The molecule has 1 atom stereocenters. The number of carbonyl (C=O) groups excluding carboxylic acids is 1. The second-order valence-electron chi connectivity index (χ2n) is 6.96. The molecular formula is C21H28N2O5S. The molecular weight excluding hydrogens is 392 g/mol. The predicted octanol–water partition coefficient (Wildman–Crippen LogP) is 2.95. The first-order chi connectivity index (χ1) is 13.6. The van der Waals surface area contributed by atoms with Crippen LogP contribution in [0.5, 0.6) is 11.5 Å². The quantitative estimate of drug-likeness (QED) is 0.674. The standard InChI is InChI=1S/C21H28N2O5S/c1-15(2)28-20-8-6-7-17(13-20)14-22-21(24)16(3)23(29(5,25)26)18-9-11-19(27-4)12-10-18/h6-13,15-16H,14H2,1-5H3,(H,22,24)/t16-/m1/s1. The first kappa shape index (κ1) is 22.5. The minimum absolute atomic E-state index is 0.0488. The third-order valence-electron chi connectivity index (χ3n) is 4.15. The fourth-order valence-corrected chi connectivity index (χ4v) is 4.05. The summed E-state index contributed by atoms with van der Waals surface area (Å²) in [5.74, 6) is 0.917. The fraction of sp³-hybridized carbons (Fsp3) is 0.381. The van der Waals surface area contributed by atoms with E-state index in [2.05, 4.69) is 5.32 Å². The molecule has 0 aliphatic carbocycles. The van der Waals surface area contributed by atoms with Gasteiger partial charge in [-0.25, -0.2) is 8.42 Å². The monoisotopic (exact) mass is 420 g/mol. The summed E-state index contributed by atoms with van der Waals surface area (Å²) in [6.45, 7) is 5.70. The third kappa shape index (κ3) is 6.39. The lowest BCUT2D eigenvalue weighted by Crippen LogP contribution is -2.47. The van der Waals surface area contributed by atoms with Crippen molar-refractivity contribution >= 4 is 21.6 Å². The van der Waals surface area contributed by atoms with Crippen molar-refractivity contribution in [2.45, 2.75) is 39.5 Å². The summed E-state index contributed by atoms with van der Waals surface area (Å²) in [7, 11) is -2.14. The van der Waals surface area contributed by atoms with E-state index in [1.54, 1.807) is 31.2 Å². The van der Waals surface area contributed by atoms with Gasteiger partial charge < -0.3 is 14.8 Å². The number of hydrogen-bond donors (Lipinski definition) is 1. The molecule has 0 saturated heterocycles. The highest BCUT2D eigenvalue weighted by Gasteiger charge is 2.29. The van der Waals surface area contributed by atoms with E-state index < -0.39 is 22.0 Å². The van der Waals surface area contributed by atoms with Crippen molar-refractivity contribution < 1.29 is 22.7 Å². The molecule has 0 radical (unpaired) electrons. The van der Waals surface area contributed by atoms with E-state index >= 15 is 0 Å². The number of anilines is 1.